The molecule has 2 nitrogen and oxygen atoms in total. The van der Waals surface area contributed by atoms with Crippen LogP contribution in [0.25, 0.3) is 11.1 Å². The summed E-state index contributed by atoms with van der Waals surface area (Å²) in [5.74, 6) is 1.40. The first kappa shape index (κ1) is 22.2. The number of carbonyl (C=O) groups is 1. The quantitative estimate of drug-likeness (QED) is 0.383. The highest BCUT2D eigenvalue weighted by Crippen LogP contribution is 2.44. The Labute approximate surface area is 171 Å². The lowest BCUT2D eigenvalue weighted by Crippen LogP contribution is -2.44. The molecular formula is C26H36O2. The average molecular weight is 381 g/mol. The van der Waals surface area contributed by atoms with Gasteiger partial charge in [-0.3, -0.25) is 4.79 Å². The van der Waals surface area contributed by atoms with Crippen LogP contribution in [0, 0.1) is 16.7 Å². The molecule has 0 aliphatic heterocycles. The van der Waals surface area contributed by atoms with Crippen molar-refractivity contribution in [3.8, 4) is 16.9 Å². The van der Waals surface area contributed by atoms with Gasteiger partial charge in [-0.05, 0) is 59.4 Å². The summed E-state index contributed by atoms with van der Waals surface area (Å²) in [4.78, 5) is 13.1. The van der Waals surface area contributed by atoms with Gasteiger partial charge in [-0.25, -0.2) is 0 Å². The maximum absolute atomic E-state index is 13.1. The minimum atomic E-state index is -0.535. The summed E-state index contributed by atoms with van der Waals surface area (Å²) in [5, 5.41) is 0. The van der Waals surface area contributed by atoms with Crippen LogP contribution >= 0.6 is 0 Å². The Morgan fingerprint density at radius 3 is 1.68 bits per heavy atom. The molecule has 0 aliphatic carbocycles. The maximum atomic E-state index is 13.1. The van der Waals surface area contributed by atoms with Crippen molar-refractivity contribution in [1.82, 2.24) is 0 Å². The van der Waals surface area contributed by atoms with Crippen LogP contribution in [0.4, 0.5) is 0 Å². The predicted molar refractivity (Wildman–Crippen MR) is 119 cm³/mol. The molecule has 28 heavy (non-hydrogen) atoms. The number of carbonyl (C=O) groups excluding carboxylic acids is 1. The van der Waals surface area contributed by atoms with Crippen molar-refractivity contribution in [2.24, 2.45) is 16.7 Å². The SMILES string of the molecule is CC(C)CC(C)(C(=O)Oc1ccc(-c2ccc(C(C)C)cc2)cc1)C(C)(C)C. The lowest BCUT2D eigenvalue weighted by atomic mass is 9.64. The fraction of sp³-hybridized carbons (Fsp3) is 0.500. The Morgan fingerprint density at radius 2 is 1.29 bits per heavy atom. The van der Waals surface area contributed by atoms with Gasteiger partial charge < -0.3 is 4.74 Å². The summed E-state index contributed by atoms with van der Waals surface area (Å²) in [6, 6.07) is 16.5. The summed E-state index contributed by atoms with van der Waals surface area (Å²) < 4.78 is 5.81. The minimum absolute atomic E-state index is 0.150. The van der Waals surface area contributed by atoms with E-state index >= 15 is 0 Å². The first-order valence-corrected chi connectivity index (χ1v) is 10.4. The zero-order chi connectivity index (χ0) is 21.1. The topological polar surface area (TPSA) is 26.3 Å². The van der Waals surface area contributed by atoms with Crippen LogP contribution in [-0.2, 0) is 4.79 Å². The van der Waals surface area contributed by atoms with E-state index in [0.717, 1.165) is 12.0 Å². The molecule has 0 radical (unpaired) electrons. The molecule has 2 rings (SSSR count). The molecule has 0 spiro atoms. The molecule has 0 aliphatic rings. The molecule has 0 amide bonds. The molecule has 152 valence electrons. The highest BCUT2D eigenvalue weighted by atomic mass is 16.5. The van der Waals surface area contributed by atoms with Gasteiger partial charge in [0.1, 0.15) is 5.75 Å². The van der Waals surface area contributed by atoms with E-state index in [0.29, 0.717) is 17.6 Å². The molecule has 2 aromatic carbocycles. The molecule has 1 atom stereocenters. The summed E-state index contributed by atoms with van der Waals surface area (Å²) in [6.07, 6.45) is 0.801. The van der Waals surface area contributed by atoms with Crippen molar-refractivity contribution in [3.05, 3.63) is 54.1 Å². The molecule has 0 heterocycles. The van der Waals surface area contributed by atoms with E-state index in [1.54, 1.807) is 0 Å². The summed E-state index contributed by atoms with van der Waals surface area (Å²) >= 11 is 0. The molecule has 0 saturated heterocycles. The second-order valence-electron chi connectivity index (χ2n) is 9.87. The number of hydrogen-bond acceptors (Lipinski definition) is 2. The molecule has 0 bridgehead atoms. The fourth-order valence-electron chi connectivity index (χ4n) is 3.51. The number of hydrogen-bond donors (Lipinski definition) is 0. The second kappa shape index (κ2) is 8.51. The van der Waals surface area contributed by atoms with E-state index in [1.807, 2.05) is 31.2 Å². The van der Waals surface area contributed by atoms with E-state index in [-0.39, 0.29) is 11.4 Å². The van der Waals surface area contributed by atoms with Gasteiger partial charge in [0.25, 0.3) is 0 Å². The molecular weight excluding hydrogens is 344 g/mol. The number of rotatable bonds is 6. The van der Waals surface area contributed by atoms with Crippen molar-refractivity contribution in [3.63, 3.8) is 0 Å². The Bertz CT molecular complexity index is 777. The predicted octanol–water partition coefficient (Wildman–Crippen LogP) is 7.48. The molecule has 1 unspecified atom stereocenters. The maximum Gasteiger partial charge on any atom is 0.317 e. The minimum Gasteiger partial charge on any atom is -0.426 e. The highest BCUT2D eigenvalue weighted by molar-refractivity contribution is 5.80. The molecule has 0 aromatic heterocycles. The van der Waals surface area contributed by atoms with Crippen molar-refractivity contribution in [1.29, 1.82) is 0 Å². The highest BCUT2D eigenvalue weighted by Gasteiger charge is 2.46. The van der Waals surface area contributed by atoms with Gasteiger partial charge >= 0.3 is 5.97 Å². The third-order valence-electron chi connectivity index (χ3n) is 5.90. The Balaban J connectivity index is 2.17. The van der Waals surface area contributed by atoms with E-state index < -0.39 is 5.41 Å². The Morgan fingerprint density at radius 1 is 0.821 bits per heavy atom. The normalized spacial score (nSPS) is 14.2. The van der Waals surface area contributed by atoms with Crippen molar-refractivity contribution >= 4 is 5.97 Å². The van der Waals surface area contributed by atoms with Crippen molar-refractivity contribution < 1.29 is 9.53 Å². The molecule has 2 heteroatoms. The number of esters is 1. The second-order valence-corrected chi connectivity index (χ2v) is 9.87. The largest absolute Gasteiger partial charge is 0.426 e. The van der Waals surface area contributed by atoms with Crippen molar-refractivity contribution in [2.75, 3.05) is 0 Å². The fourth-order valence-corrected chi connectivity index (χ4v) is 3.51. The first-order chi connectivity index (χ1) is 12.9. The summed E-state index contributed by atoms with van der Waals surface area (Å²) in [7, 11) is 0. The average Bonchev–Trinajstić information content (AvgIpc) is 2.60. The molecule has 0 saturated carbocycles. The third-order valence-corrected chi connectivity index (χ3v) is 5.90. The van der Waals surface area contributed by atoms with Gasteiger partial charge in [0.05, 0.1) is 5.41 Å². The van der Waals surface area contributed by atoms with E-state index in [9.17, 15) is 4.79 Å². The smallest absolute Gasteiger partial charge is 0.317 e. The van der Waals surface area contributed by atoms with Crippen LogP contribution in [0.3, 0.4) is 0 Å². The molecule has 0 fully saturated rings. The van der Waals surface area contributed by atoms with Gasteiger partial charge in [0.2, 0.25) is 0 Å². The van der Waals surface area contributed by atoms with Crippen LogP contribution in [0.15, 0.2) is 48.5 Å². The number of benzene rings is 2. The first-order valence-electron chi connectivity index (χ1n) is 10.4. The Hall–Kier alpha value is -2.09. The molecule has 0 N–H and O–H groups in total. The van der Waals surface area contributed by atoms with E-state index in [2.05, 4.69) is 72.7 Å². The van der Waals surface area contributed by atoms with Crippen LogP contribution < -0.4 is 4.74 Å². The van der Waals surface area contributed by atoms with Crippen LogP contribution in [0.5, 0.6) is 5.75 Å². The van der Waals surface area contributed by atoms with Gasteiger partial charge in [-0.2, -0.15) is 0 Å². The molecule has 2 aromatic rings. The van der Waals surface area contributed by atoms with Gasteiger partial charge in [0, 0.05) is 0 Å². The van der Waals surface area contributed by atoms with Crippen LogP contribution in [-0.4, -0.2) is 5.97 Å². The third kappa shape index (κ3) is 5.04. The van der Waals surface area contributed by atoms with Gasteiger partial charge in [0.15, 0.2) is 0 Å². The van der Waals surface area contributed by atoms with Gasteiger partial charge in [-0.15, -0.1) is 0 Å². The van der Waals surface area contributed by atoms with Gasteiger partial charge in [-0.1, -0.05) is 84.9 Å². The van der Waals surface area contributed by atoms with E-state index in [4.69, 9.17) is 4.74 Å². The summed E-state index contributed by atoms with van der Waals surface area (Å²) in [5.41, 5.74) is 2.91. The lowest BCUT2D eigenvalue weighted by molar-refractivity contribution is -0.153. The van der Waals surface area contributed by atoms with Crippen molar-refractivity contribution in [2.45, 2.75) is 67.7 Å². The Kier molecular flexibility index (Phi) is 6.75. The standard InChI is InChI=1S/C26H36O2/c1-18(2)17-26(8,25(5,6)7)24(27)28-23-15-13-22(14-16-23)21-11-9-20(10-12-21)19(3)4/h9-16,18-19H,17H2,1-8H3. The lowest BCUT2D eigenvalue weighted by Gasteiger charge is -2.40. The monoisotopic (exact) mass is 380 g/mol. The van der Waals surface area contributed by atoms with E-state index in [1.165, 1.54) is 11.1 Å². The summed E-state index contributed by atoms with van der Waals surface area (Å²) in [6.45, 7) is 17.1. The zero-order valence-corrected chi connectivity index (χ0v) is 18.8. The number of ether oxygens (including phenoxy) is 1. The zero-order valence-electron chi connectivity index (χ0n) is 18.8. The van der Waals surface area contributed by atoms with Crippen LogP contribution in [0.1, 0.15) is 73.3 Å². The van der Waals surface area contributed by atoms with Crippen LogP contribution in [0.2, 0.25) is 0 Å².